The molecule has 2 nitrogen and oxygen atoms in total. The Kier molecular flexibility index (Phi) is 7.65. The van der Waals surface area contributed by atoms with Crippen LogP contribution in [-0.2, 0) is 15.8 Å². The van der Waals surface area contributed by atoms with Crippen LogP contribution < -0.4 is 0 Å². The summed E-state index contributed by atoms with van der Waals surface area (Å²) in [4.78, 5) is 0. The highest BCUT2D eigenvalue weighted by molar-refractivity contribution is 6.29. The van der Waals surface area contributed by atoms with Gasteiger partial charge in [-0.25, -0.2) is 0 Å². The third-order valence-corrected chi connectivity index (χ3v) is 4.75. The van der Waals surface area contributed by atoms with Gasteiger partial charge in [-0.2, -0.15) is 0 Å². The van der Waals surface area contributed by atoms with Gasteiger partial charge in [0.25, 0.3) is 0 Å². The van der Waals surface area contributed by atoms with Crippen LogP contribution >= 0.6 is 0 Å². The lowest BCUT2D eigenvalue weighted by molar-refractivity contribution is 0.139. The second-order valence-electron chi connectivity index (χ2n) is 4.35. The first kappa shape index (κ1) is 15.2. The highest BCUT2D eigenvalue weighted by atomic mass is 28.2. The van der Waals surface area contributed by atoms with E-state index in [1.165, 1.54) is 11.1 Å². The quantitative estimate of drug-likeness (QED) is 0.638. The molecular weight excluding hydrogens is 240 g/mol. The lowest BCUT2D eigenvalue weighted by Crippen LogP contribution is -2.13. The maximum atomic E-state index is 5.92. The van der Waals surface area contributed by atoms with E-state index in [1.54, 1.807) is 0 Å². The molecule has 1 aromatic carbocycles. The van der Waals surface area contributed by atoms with Crippen LogP contribution in [0.5, 0.6) is 0 Å². The molecule has 0 heterocycles. The Morgan fingerprint density at radius 1 is 1.33 bits per heavy atom. The summed E-state index contributed by atoms with van der Waals surface area (Å²) in [6, 6.07) is 8.26. The van der Waals surface area contributed by atoms with Crippen molar-refractivity contribution in [3.63, 3.8) is 0 Å². The molecule has 0 radical (unpaired) electrons. The van der Waals surface area contributed by atoms with Crippen molar-refractivity contribution < 1.29 is 9.16 Å². The normalized spacial score (nSPS) is 13.0. The Morgan fingerprint density at radius 3 is 2.78 bits per heavy atom. The van der Waals surface area contributed by atoms with E-state index < -0.39 is 9.76 Å². The van der Waals surface area contributed by atoms with Crippen LogP contribution in [0.1, 0.15) is 31.4 Å². The monoisotopic (exact) mass is 264 g/mol. The summed E-state index contributed by atoms with van der Waals surface area (Å²) in [5.74, 6) is 0. The molecule has 18 heavy (non-hydrogen) atoms. The zero-order valence-corrected chi connectivity index (χ0v) is 12.9. The summed E-state index contributed by atoms with van der Waals surface area (Å²) in [6.07, 6.45) is 3.03. The molecule has 0 saturated heterocycles. The maximum Gasteiger partial charge on any atom is 0.167 e. The summed E-state index contributed by atoms with van der Waals surface area (Å²) in [5, 5.41) is 0. The average Bonchev–Trinajstić information content (AvgIpc) is 2.43. The lowest BCUT2D eigenvalue weighted by atomic mass is 10.1. The van der Waals surface area contributed by atoms with Gasteiger partial charge in [0, 0.05) is 13.2 Å². The van der Waals surface area contributed by atoms with Gasteiger partial charge >= 0.3 is 0 Å². The molecule has 1 unspecified atom stereocenters. The topological polar surface area (TPSA) is 18.5 Å². The molecule has 0 bridgehead atoms. The first-order valence-corrected chi connectivity index (χ1v) is 8.07. The van der Waals surface area contributed by atoms with Crippen LogP contribution in [0.3, 0.4) is 0 Å². The van der Waals surface area contributed by atoms with E-state index in [1.807, 2.05) is 25.1 Å². The summed E-state index contributed by atoms with van der Waals surface area (Å²) in [6.45, 7) is 10.4. The van der Waals surface area contributed by atoms with Crippen molar-refractivity contribution in [1.29, 1.82) is 0 Å². The molecule has 0 aliphatic carbocycles. The van der Waals surface area contributed by atoms with Gasteiger partial charge in [0.05, 0.1) is 6.61 Å². The van der Waals surface area contributed by atoms with E-state index >= 15 is 0 Å². The van der Waals surface area contributed by atoms with Crippen LogP contribution in [0.15, 0.2) is 30.8 Å². The zero-order chi connectivity index (χ0) is 13.2. The molecule has 0 aromatic heterocycles. The first-order valence-electron chi connectivity index (χ1n) is 6.67. The molecule has 0 N–H and O–H groups in total. The molecule has 0 saturated carbocycles. The summed E-state index contributed by atoms with van der Waals surface area (Å²) >= 11 is 0. The van der Waals surface area contributed by atoms with Gasteiger partial charge in [-0.15, -0.1) is 0 Å². The fourth-order valence-electron chi connectivity index (χ4n) is 1.77. The SMILES string of the molecule is C=Cc1ccccc1CO[SiH2]C(CC)COCC. The number of hydrogen-bond donors (Lipinski definition) is 0. The van der Waals surface area contributed by atoms with E-state index in [4.69, 9.17) is 9.16 Å². The standard InChI is InChI=1S/C15H24O2Si/c1-4-13-9-7-8-10-14(13)11-17-18-15(5-2)12-16-6-3/h4,7-10,15H,1,5-6,11-12,18H2,2-3H3. The molecule has 100 valence electrons. The molecule has 0 aliphatic rings. The minimum Gasteiger partial charge on any atom is -0.419 e. The van der Waals surface area contributed by atoms with E-state index in [9.17, 15) is 0 Å². The fourth-order valence-corrected chi connectivity index (χ4v) is 2.94. The fraction of sp³-hybridized carbons (Fsp3) is 0.467. The van der Waals surface area contributed by atoms with E-state index in [0.29, 0.717) is 12.1 Å². The first-order chi connectivity index (χ1) is 8.81. The van der Waals surface area contributed by atoms with Crippen molar-refractivity contribution in [2.45, 2.75) is 32.4 Å². The van der Waals surface area contributed by atoms with Crippen molar-refractivity contribution in [1.82, 2.24) is 0 Å². The van der Waals surface area contributed by atoms with E-state index in [-0.39, 0.29) is 0 Å². The van der Waals surface area contributed by atoms with Gasteiger partial charge in [-0.1, -0.05) is 50.3 Å². The third kappa shape index (κ3) is 5.17. The predicted molar refractivity (Wildman–Crippen MR) is 80.4 cm³/mol. The molecule has 0 spiro atoms. The predicted octanol–water partition coefficient (Wildman–Crippen LogP) is 3.17. The molecule has 1 aromatic rings. The van der Waals surface area contributed by atoms with Crippen molar-refractivity contribution in [2.75, 3.05) is 13.2 Å². The highest BCUT2D eigenvalue weighted by Crippen LogP contribution is 2.14. The van der Waals surface area contributed by atoms with Crippen molar-refractivity contribution in [2.24, 2.45) is 0 Å². The van der Waals surface area contributed by atoms with Gasteiger partial charge in [-0.3, -0.25) is 0 Å². The second-order valence-corrected chi connectivity index (χ2v) is 6.25. The number of benzene rings is 1. The Hall–Kier alpha value is -0.903. The van der Waals surface area contributed by atoms with Crippen molar-refractivity contribution in [3.8, 4) is 0 Å². The maximum absolute atomic E-state index is 5.92. The van der Waals surface area contributed by atoms with Crippen LogP contribution in [0.4, 0.5) is 0 Å². The average molecular weight is 264 g/mol. The molecule has 0 fully saturated rings. The minimum absolute atomic E-state index is 0.522. The molecule has 0 amide bonds. The molecule has 1 atom stereocenters. The minimum atomic E-state index is -0.522. The molecule has 3 heteroatoms. The largest absolute Gasteiger partial charge is 0.419 e. The van der Waals surface area contributed by atoms with Crippen LogP contribution in [-0.4, -0.2) is 23.0 Å². The smallest absolute Gasteiger partial charge is 0.167 e. The molecular formula is C15H24O2Si. The summed E-state index contributed by atoms with van der Waals surface area (Å²) in [5.41, 5.74) is 3.02. The summed E-state index contributed by atoms with van der Waals surface area (Å²) in [7, 11) is -0.522. The van der Waals surface area contributed by atoms with Crippen molar-refractivity contribution >= 4 is 15.8 Å². The van der Waals surface area contributed by atoms with Gasteiger partial charge in [-0.05, 0) is 23.6 Å². The van der Waals surface area contributed by atoms with Crippen LogP contribution in [0, 0.1) is 0 Å². The lowest BCUT2D eigenvalue weighted by Gasteiger charge is -2.15. The van der Waals surface area contributed by atoms with Gasteiger partial charge in [0.2, 0.25) is 0 Å². The number of ether oxygens (including phenoxy) is 1. The second kappa shape index (κ2) is 9.08. The summed E-state index contributed by atoms with van der Waals surface area (Å²) < 4.78 is 11.4. The van der Waals surface area contributed by atoms with Crippen molar-refractivity contribution in [3.05, 3.63) is 42.0 Å². The Labute approximate surface area is 113 Å². The van der Waals surface area contributed by atoms with Gasteiger partial charge in [0.1, 0.15) is 0 Å². The zero-order valence-electron chi connectivity index (χ0n) is 11.5. The van der Waals surface area contributed by atoms with Gasteiger partial charge < -0.3 is 9.16 Å². The Bertz CT molecular complexity index is 352. The van der Waals surface area contributed by atoms with Crippen LogP contribution in [0.25, 0.3) is 6.08 Å². The van der Waals surface area contributed by atoms with Gasteiger partial charge in [0.15, 0.2) is 9.76 Å². The Balaban J connectivity index is 2.37. The molecule has 1 rings (SSSR count). The Morgan fingerprint density at radius 2 is 2.11 bits per heavy atom. The number of hydrogen-bond acceptors (Lipinski definition) is 2. The van der Waals surface area contributed by atoms with Crippen LogP contribution in [0.2, 0.25) is 5.54 Å². The third-order valence-electron chi connectivity index (χ3n) is 3.02. The van der Waals surface area contributed by atoms with E-state index in [0.717, 1.165) is 19.6 Å². The highest BCUT2D eigenvalue weighted by Gasteiger charge is 2.08. The van der Waals surface area contributed by atoms with E-state index in [2.05, 4.69) is 25.6 Å². The molecule has 0 aliphatic heterocycles. The number of rotatable bonds is 9.